The monoisotopic (exact) mass is 305 g/mol. The largest absolute Gasteiger partial charge is 0.498 e. The minimum Gasteiger partial charge on any atom is -0.498 e. The summed E-state index contributed by atoms with van der Waals surface area (Å²) in [6.45, 7) is 2.55. The average molecular weight is 305 g/mol. The summed E-state index contributed by atoms with van der Waals surface area (Å²) in [5, 5.41) is 11.4. The first-order chi connectivity index (χ1) is 9.19. The lowest BCUT2D eigenvalue weighted by molar-refractivity contribution is -0.130. The molecule has 0 aromatic rings. The fourth-order valence-electron chi connectivity index (χ4n) is 0.977. The Balaban J connectivity index is 4.37. The Hall–Kier alpha value is -1.12. The highest BCUT2D eigenvalue weighted by Crippen LogP contribution is 2.36. The van der Waals surface area contributed by atoms with E-state index >= 15 is 0 Å². The summed E-state index contributed by atoms with van der Waals surface area (Å²) in [5.41, 5.74) is 0. The number of carbonyl (C=O) groups excluding carboxylic acids is 1. The van der Waals surface area contributed by atoms with Gasteiger partial charge in [0, 0.05) is 12.9 Å². The van der Waals surface area contributed by atoms with Crippen molar-refractivity contribution in [2.24, 2.45) is 0 Å². The average Bonchev–Trinajstić information content (AvgIpc) is 2.35. The highest BCUT2D eigenvalue weighted by Gasteiger charge is 2.19. The minimum absolute atomic E-state index is 0.122. The van der Waals surface area contributed by atoms with Crippen molar-refractivity contribution in [2.45, 2.75) is 12.1 Å². The van der Waals surface area contributed by atoms with E-state index in [1.54, 1.807) is 0 Å². The second-order valence-electron chi connectivity index (χ2n) is 3.66. The van der Waals surface area contributed by atoms with Crippen LogP contribution < -0.4 is 5.32 Å². The Morgan fingerprint density at radius 2 is 2.15 bits per heavy atom. The van der Waals surface area contributed by atoms with E-state index in [9.17, 15) is 9.36 Å². The van der Waals surface area contributed by atoms with Crippen LogP contribution in [0.2, 0.25) is 0 Å². The normalized spacial score (nSPS) is 14.8. The molecule has 112 valence electrons. The molecule has 2 radical (unpaired) electrons. The lowest BCUT2D eigenvalue weighted by atomic mass is 9.94. The van der Waals surface area contributed by atoms with E-state index < -0.39 is 32.2 Å². The van der Waals surface area contributed by atoms with Gasteiger partial charge < -0.3 is 29.7 Å². The number of carbonyl (C=O) groups is 1. The molecular weight excluding hydrogens is 288 g/mol. The van der Waals surface area contributed by atoms with E-state index in [1.807, 2.05) is 0 Å². The van der Waals surface area contributed by atoms with Gasteiger partial charge in [-0.2, -0.15) is 0 Å². The molecular formula is C10H17BNO7P. The fourth-order valence-corrected chi connectivity index (χ4v) is 1.34. The van der Waals surface area contributed by atoms with Gasteiger partial charge in [0.1, 0.15) is 26.3 Å². The van der Waals surface area contributed by atoms with Gasteiger partial charge in [0.05, 0.1) is 12.6 Å². The number of aliphatic hydroxyl groups excluding tert-OH is 1. The lowest BCUT2D eigenvalue weighted by Crippen LogP contribution is -2.37. The van der Waals surface area contributed by atoms with Crippen molar-refractivity contribution < 1.29 is 33.7 Å². The molecule has 0 fully saturated rings. The molecule has 0 aliphatic carbocycles. The van der Waals surface area contributed by atoms with Crippen LogP contribution in [0.15, 0.2) is 24.2 Å². The molecule has 4 N–H and O–H groups in total. The van der Waals surface area contributed by atoms with Crippen LogP contribution in [0, 0.1) is 0 Å². The van der Waals surface area contributed by atoms with Crippen LogP contribution in [0.1, 0.15) is 0 Å². The third-order valence-electron chi connectivity index (χ3n) is 2.00. The second kappa shape index (κ2) is 8.94. The molecule has 0 aliphatic rings. The van der Waals surface area contributed by atoms with Crippen LogP contribution in [-0.2, 0) is 18.8 Å². The van der Waals surface area contributed by atoms with Gasteiger partial charge in [0.25, 0.3) is 0 Å². The smallest absolute Gasteiger partial charge is 0.349 e. The number of amides is 1. The molecule has 0 bridgehead atoms. The molecule has 0 heterocycles. The van der Waals surface area contributed by atoms with Gasteiger partial charge in [-0.15, -0.1) is 0 Å². The Morgan fingerprint density at radius 1 is 1.55 bits per heavy atom. The van der Waals surface area contributed by atoms with Gasteiger partial charge >= 0.3 is 7.60 Å². The van der Waals surface area contributed by atoms with Crippen LogP contribution in [0.5, 0.6) is 0 Å². The van der Waals surface area contributed by atoms with Crippen molar-refractivity contribution in [3.05, 3.63) is 24.2 Å². The Kier molecular flexibility index (Phi) is 8.44. The van der Waals surface area contributed by atoms with Crippen LogP contribution in [-0.4, -0.2) is 61.0 Å². The van der Waals surface area contributed by atoms with Crippen molar-refractivity contribution in [2.75, 3.05) is 20.3 Å². The van der Waals surface area contributed by atoms with Gasteiger partial charge in [0.2, 0.25) is 5.91 Å². The number of likely N-dealkylation sites (N-methyl/N-ethyl adjacent to an activating group) is 1. The SMILES string of the molecule is [B][C@H](OC(=C)/C=C/P(=O)(O)O)C(CO)OCC(=O)NC. The summed E-state index contributed by atoms with van der Waals surface area (Å²) in [7, 11) is 2.67. The maximum absolute atomic E-state index is 11.0. The first-order valence-electron chi connectivity index (χ1n) is 5.48. The zero-order chi connectivity index (χ0) is 15.8. The van der Waals surface area contributed by atoms with Crippen molar-refractivity contribution in [1.29, 1.82) is 0 Å². The zero-order valence-corrected chi connectivity index (χ0v) is 11.8. The molecule has 0 spiro atoms. The van der Waals surface area contributed by atoms with Gasteiger partial charge in [-0.1, -0.05) is 6.58 Å². The molecule has 0 aromatic carbocycles. The molecule has 20 heavy (non-hydrogen) atoms. The first-order valence-corrected chi connectivity index (χ1v) is 7.16. The summed E-state index contributed by atoms with van der Waals surface area (Å²) in [6.07, 6.45) is -0.0408. The van der Waals surface area contributed by atoms with Gasteiger partial charge in [0.15, 0.2) is 0 Å². The van der Waals surface area contributed by atoms with E-state index in [2.05, 4.69) is 11.9 Å². The van der Waals surface area contributed by atoms with Crippen molar-refractivity contribution >= 4 is 21.3 Å². The first kappa shape index (κ1) is 18.9. The predicted octanol–water partition coefficient (Wildman–Crippen LogP) is -1.17. The summed E-state index contributed by atoms with van der Waals surface area (Å²) >= 11 is 0. The molecule has 0 rings (SSSR count). The standard InChI is InChI=1S/C10H17BNO7P/c1-7(3-4-20(15,16)17)19-10(11)8(5-13)18-6-9(14)12-2/h3-4,8,10,13H,1,5-6H2,2H3,(H,12,14)(H2,15,16,17)/b4-3+/t8?,10-/m1/s1. The van der Waals surface area contributed by atoms with Crippen molar-refractivity contribution in [3.8, 4) is 0 Å². The van der Waals surface area contributed by atoms with Crippen LogP contribution in [0.25, 0.3) is 0 Å². The highest BCUT2D eigenvalue weighted by molar-refractivity contribution is 7.55. The number of allylic oxidation sites excluding steroid dienone is 1. The molecule has 1 unspecified atom stereocenters. The molecule has 2 atom stereocenters. The Bertz CT molecular complexity index is 408. The van der Waals surface area contributed by atoms with Crippen LogP contribution in [0.4, 0.5) is 0 Å². The van der Waals surface area contributed by atoms with E-state index in [1.165, 1.54) is 7.05 Å². The lowest BCUT2D eigenvalue weighted by Gasteiger charge is -2.24. The maximum Gasteiger partial charge on any atom is 0.349 e. The second-order valence-corrected chi connectivity index (χ2v) is 5.14. The number of ether oxygens (including phenoxy) is 2. The maximum atomic E-state index is 11.0. The summed E-state index contributed by atoms with van der Waals surface area (Å²) in [5.74, 6) is 0.0696. The van der Waals surface area contributed by atoms with E-state index in [0.29, 0.717) is 5.82 Å². The van der Waals surface area contributed by atoms with Gasteiger partial charge in [-0.05, 0) is 6.08 Å². The van der Waals surface area contributed by atoms with Crippen LogP contribution in [0.3, 0.4) is 0 Å². The van der Waals surface area contributed by atoms with E-state index in [-0.39, 0.29) is 12.4 Å². The molecule has 0 aromatic heterocycles. The van der Waals surface area contributed by atoms with E-state index in [4.69, 9.17) is 32.2 Å². The van der Waals surface area contributed by atoms with Gasteiger partial charge in [-0.25, -0.2) is 0 Å². The Labute approximate surface area is 118 Å². The minimum atomic E-state index is -4.32. The van der Waals surface area contributed by atoms with Crippen LogP contribution >= 0.6 is 7.60 Å². The van der Waals surface area contributed by atoms with Crippen molar-refractivity contribution in [1.82, 2.24) is 5.32 Å². The Morgan fingerprint density at radius 3 is 2.60 bits per heavy atom. The molecule has 0 saturated carbocycles. The highest BCUT2D eigenvalue weighted by atomic mass is 31.2. The molecule has 8 nitrogen and oxygen atoms in total. The number of aliphatic hydroxyl groups is 1. The summed E-state index contributed by atoms with van der Waals surface area (Å²) in [4.78, 5) is 28.2. The third-order valence-corrected chi connectivity index (χ3v) is 2.53. The summed E-state index contributed by atoms with van der Waals surface area (Å²) in [6, 6.07) is -1.15. The van der Waals surface area contributed by atoms with E-state index in [0.717, 1.165) is 6.08 Å². The van der Waals surface area contributed by atoms with Crippen molar-refractivity contribution in [3.63, 3.8) is 0 Å². The number of hydrogen-bond donors (Lipinski definition) is 4. The molecule has 1 amide bonds. The predicted molar refractivity (Wildman–Crippen MR) is 71.8 cm³/mol. The summed E-state index contributed by atoms with van der Waals surface area (Å²) < 4.78 is 20.6. The molecule has 0 aliphatic heterocycles. The number of nitrogens with one attached hydrogen (secondary N) is 1. The quantitative estimate of drug-likeness (QED) is 0.183. The van der Waals surface area contributed by atoms with Gasteiger partial charge in [-0.3, -0.25) is 9.36 Å². The molecule has 0 saturated heterocycles. The third kappa shape index (κ3) is 8.90. The number of hydrogen-bond acceptors (Lipinski definition) is 5. The number of rotatable bonds is 9. The molecule has 10 heteroatoms. The zero-order valence-electron chi connectivity index (χ0n) is 10.9. The topological polar surface area (TPSA) is 125 Å². The fraction of sp³-hybridized carbons (Fsp3) is 0.500.